The monoisotopic (exact) mass is 209 g/mol. The Kier molecular flexibility index (Phi) is 2.25. The maximum absolute atomic E-state index is 11.4. The lowest BCUT2D eigenvalue weighted by Crippen LogP contribution is -2.20. The molecule has 1 aliphatic rings. The Balaban J connectivity index is 2.27. The van der Waals surface area contributed by atoms with Crippen molar-refractivity contribution in [2.24, 2.45) is 0 Å². The molecule has 0 aliphatic carbocycles. The van der Waals surface area contributed by atoms with Gasteiger partial charge in [-0.05, 0) is 17.7 Å². The first-order valence-corrected chi connectivity index (χ1v) is 4.62. The number of amides is 1. The maximum Gasteiger partial charge on any atom is 0.228 e. The molecule has 14 heavy (non-hydrogen) atoms. The minimum absolute atomic E-state index is 0.0205. The van der Waals surface area contributed by atoms with Crippen LogP contribution in [0.2, 0.25) is 5.02 Å². The standard InChI is InChI=1S/C10H8ClNO2/c11-7-3-1-6(2-4-7)10-8(13)5-9(14)12-10/h1-4,10H,5H2,(H,12,14). The molecule has 1 aromatic rings. The quantitative estimate of drug-likeness (QED) is 0.712. The van der Waals surface area contributed by atoms with E-state index in [2.05, 4.69) is 5.32 Å². The number of nitrogens with one attached hydrogen (secondary N) is 1. The van der Waals surface area contributed by atoms with Crippen LogP contribution >= 0.6 is 11.6 Å². The number of hydrogen-bond donors (Lipinski definition) is 1. The third kappa shape index (κ3) is 1.63. The Hall–Kier alpha value is -1.35. The van der Waals surface area contributed by atoms with Crippen molar-refractivity contribution < 1.29 is 9.59 Å². The smallest absolute Gasteiger partial charge is 0.228 e. The zero-order valence-electron chi connectivity index (χ0n) is 7.29. The lowest BCUT2D eigenvalue weighted by atomic mass is 10.0. The van der Waals surface area contributed by atoms with Gasteiger partial charge in [0.25, 0.3) is 0 Å². The summed E-state index contributed by atoms with van der Waals surface area (Å²) in [7, 11) is 0. The highest BCUT2D eigenvalue weighted by Crippen LogP contribution is 2.21. The van der Waals surface area contributed by atoms with E-state index in [4.69, 9.17) is 11.6 Å². The third-order valence-electron chi connectivity index (χ3n) is 2.17. The van der Waals surface area contributed by atoms with Crippen molar-refractivity contribution in [2.45, 2.75) is 12.5 Å². The van der Waals surface area contributed by atoms with Crippen LogP contribution in [0.25, 0.3) is 0 Å². The van der Waals surface area contributed by atoms with Crippen LogP contribution in [-0.2, 0) is 9.59 Å². The number of benzene rings is 1. The highest BCUT2D eigenvalue weighted by molar-refractivity contribution is 6.30. The van der Waals surface area contributed by atoms with Gasteiger partial charge in [-0.1, -0.05) is 23.7 Å². The van der Waals surface area contributed by atoms with E-state index >= 15 is 0 Å². The van der Waals surface area contributed by atoms with Gasteiger partial charge in [0, 0.05) is 5.02 Å². The van der Waals surface area contributed by atoms with E-state index in [0.717, 1.165) is 5.56 Å². The minimum Gasteiger partial charge on any atom is -0.342 e. The fourth-order valence-corrected chi connectivity index (χ4v) is 1.60. The largest absolute Gasteiger partial charge is 0.342 e. The third-order valence-corrected chi connectivity index (χ3v) is 2.42. The Labute approximate surface area is 86.1 Å². The van der Waals surface area contributed by atoms with Gasteiger partial charge < -0.3 is 5.32 Å². The summed E-state index contributed by atoms with van der Waals surface area (Å²) in [5.41, 5.74) is 0.783. The summed E-state index contributed by atoms with van der Waals surface area (Å²) >= 11 is 5.71. The summed E-state index contributed by atoms with van der Waals surface area (Å²) in [6.45, 7) is 0. The van der Waals surface area contributed by atoms with Gasteiger partial charge in [0.1, 0.15) is 6.04 Å². The van der Waals surface area contributed by atoms with Crippen molar-refractivity contribution in [1.82, 2.24) is 5.32 Å². The number of carbonyl (C=O) groups excluding carboxylic acids is 2. The summed E-state index contributed by atoms with van der Waals surface area (Å²) in [5, 5.41) is 3.22. The van der Waals surface area contributed by atoms with E-state index in [1.807, 2.05) is 0 Å². The van der Waals surface area contributed by atoms with Gasteiger partial charge in [0.05, 0.1) is 6.42 Å². The highest BCUT2D eigenvalue weighted by atomic mass is 35.5. The van der Waals surface area contributed by atoms with Crippen LogP contribution in [0.5, 0.6) is 0 Å². The molecular formula is C10H8ClNO2. The Morgan fingerprint density at radius 2 is 1.86 bits per heavy atom. The molecular weight excluding hydrogens is 202 g/mol. The number of carbonyl (C=O) groups is 2. The van der Waals surface area contributed by atoms with Crippen LogP contribution in [0.1, 0.15) is 18.0 Å². The van der Waals surface area contributed by atoms with Crippen LogP contribution in [0.3, 0.4) is 0 Å². The van der Waals surface area contributed by atoms with E-state index < -0.39 is 6.04 Å². The van der Waals surface area contributed by atoms with Gasteiger partial charge in [-0.25, -0.2) is 0 Å². The van der Waals surface area contributed by atoms with E-state index in [9.17, 15) is 9.59 Å². The van der Waals surface area contributed by atoms with Crippen LogP contribution < -0.4 is 5.32 Å². The average molecular weight is 210 g/mol. The molecule has 0 aromatic heterocycles. The summed E-state index contributed by atoms with van der Waals surface area (Å²) < 4.78 is 0. The van der Waals surface area contributed by atoms with E-state index in [0.29, 0.717) is 5.02 Å². The predicted octanol–water partition coefficient (Wildman–Crippen LogP) is 1.47. The normalized spacial score (nSPS) is 21.1. The van der Waals surface area contributed by atoms with Gasteiger partial charge >= 0.3 is 0 Å². The molecule has 1 amide bonds. The summed E-state index contributed by atoms with van der Waals surface area (Å²) in [6.07, 6.45) is -0.0205. The van der Waals surface area contributed by atoms with Crippen LogP contribution in [0, 0.1) is 0 Å². The molecule has 3 nitrogen and oxygen atoms in total. The molecule has 0 spiro atoms. The number of rotatable bonds is 1. The molecule has 0 radical (unpaired) electrons. The molecule has 0 saturated carbocycles. The van der Waals surface area contributed by atoms with E-state index in [-0.39, 0.29) is 18.1 Å². The average Bonchev–Trinajstić information content (AvgIpc) is 2.47. The fourth-order valence-electron chi connectivity index (χ4n) is 1.48. The molecule has 1 N–H and O–H groups in total. The van der Waals surface area contributed by atoms with Gasteiger partial charge in [-0.15, -0.1) is 0 Å². The number of ketones is 1. The van der Waals surface area contributed by atoms with Gasteiger partial charge in [0.15, 0.2) is 5.78 Å². The molecule has 72 valence electrons. The van der Waals surface area contributed by atoms with Crippen LogP contribution in [0.4, 0.5) is 0 Å². The van der Waals surface area contributed by atoms with Gasteiger partial charge in [-0.2, -0.15) is 0 Å². The highest BCUT2D eigenvalue weighted by Gasteiger charge is 2.30. The van der Waals surface area contributed by atoms with Crippen molar-refractivity contribution >= 4 is 23.3 Å². The number of Topliss-reactive ketones (excluding diaryl/α,β-unsaturated/α-hetero) is 1. The first-order chi connectivity index (χ1) is 6.66. The topological polar surface area (TPSA) is 46.2 Å². The second-order valence-electron chi connectivity index (χ2n) is 3.20. The first kappa shape index (κ1) is 9.21. The maximum atomic E-state index is 11.4. The molecule has 1 aromatic carbocycles. The van der Waals surface area contributed by atoms with Crippen LogP contribution in [0.15, 0.2) is 24.3 Å². The van der Waals surface area contributed by atoms with Crippen molar-refractivity contribution in [3.63, 3.8) is 0 Å². The van der Waals surface area contributed by atoms with Gasteiger partial charge in [-0.3, -0.25) is 9.59 Å². The molecule has 4 heteroatoms. The minimum atomic E-state index is -0.486. The summed E-state index contributed by atoms with van der Waals surface area (Å²) in [5.74, 6) is -0.299. The van der Waals surface area contributed by atoms with Crippen molar-refractivity contribution in [1.29, 1.82) is 0 Å². The molecule has 1 saturated heterocycles. The SMILES string of the molecule is O=C1CC(=O)C(c2ccc(Cl)cc2)N1. The van der Waals surface area contributed by atoms with E-state index in [1.54, 1.807) is 24.3 Å². The number of halogens is 1. The van der Waals surface area contributed by atoms with E-state index in [1.165, 1.54) is 0 Å². The molecule has 0 bridgehead atoms. The summed E-state index contributed by atoms with van der Waals surface area (Å²) in [6, 6.07) is 6.41. The second kappa shape index (κ2) is 3.42. The molecule has 2 rings (SSSR count). The molecule has 1 fully saturated rings. The predicted molar refractivity (Wildman–Crippen MR) is 52.0 cm³/mol. The second-order valence-corrected chi connectivity index (χ2v) is 3.63. The number of hydrogen-bond acceptors (Lipinski definition) is 2. The Morgan fingerprint density at radius 3 is 2.36 bits per heavy atom. The van der Waals surface area contributed by atoms with Crippen molar-refractivity contribution in [3.8, 4) is 0 Å². The zero-order chi connectivity index (χ0) is 10.1. The molecule has 1 atom stereocenters. The Morgan fingerprint density at radius 1 is 1.21 bits per heavy atom. The lowest BCUT2D eigenvalue weighted by Gasteiger charge is -2.08. The Bertz CT molecular complexity index is 386. The molecule has 1 unspecified atom stereocenters. The molecule has 1 aliphatic heterocycles. The van der Waals surface area contributed by atoms with Crippen LogP contribution in [-0.4, -0.2) is 11.7 Å². The molecule has 1 heterocycles. The van der Waals surface area contributed by atoms with Gasteiger partial charge in [0.2, 0.25) is 5.91 Å². The first-order valence-electron chi connectivity index (χ1n) is 4.24. The lowest BCUT2D eigenvalue weighted by molar-refractivity contribution is -0.122. The van der Waals surface area contributed by atoms with Crippen molar-refractivity contribution in [2.75, 3.05) is 0 Å². The zero-order valence-corrected chi connectivity index (χ0v) is 8.04. The van der Waals surface area contributed by atoms with Crippen molar-refractivity contribution in [3.05, 3.63) is 34.9 Å². The summed E-state index contributed by atoms with van der Waals surface area (Å²) in [4.78, 5) is 22.3. The fraction of sp³-hybridized carbons (Fsp3) is 0.200.